The molecule has 4 aromatic rings. The minimum absolute atomic E-state index is 0.235. The number of hydrogen-bond acceptors (Lipinski definition) is 6. The molecule has 9 heteroatoms. The van der Waals surface area contributed by atoms with Crippen molar-refractivity contribution in [3.8, 4) is 5.75 Å². The van der Waals surface area contributed by atoms with Gasteiger partial charge < -0.3 is 15.4 Å². The molecule has 0 aliphatic carbocycles. The third-order valence-corrected chi connectivity index (χ3v) is 7.27. The van der Waals surface area contributed by atoms with Crippen LogP contribution in [0.5, 0.6) is 5.75 Å². The standard InChI is InChI=1S/C30H30FN5O2S/c1-3-4-18-38-24-16-14-21(15-17-24)27-26(28(37)33-23-11-6-5-7-12-23)20(2)32-29-34-30(35-36(27)29)39-19-22-10-8-9-13-25(22)31/h5-17,27H,3-4,18-19H2,1-2H3,(H,33,37)(H,32,34,35). The summed E-state index contributed by atoms with van der Waals surface area (Å²) < 4.78 is 21.7. The number of aromatic nitrogens is 3. The maximum absolute atomic E-state index is 14.2. The SMILES string of the molecule is CCCCOc1ccc(C2C(C(=O)Nc3ccccc3)=C(C)Nc3nc(SCc4ccccc4F)nn32)cc1. The average molecular weight is 544 g/mol. The maximum Gasteiger partial charge on any atom is 0.255 e. The van der Waals surface area contributed by atoms with E-state index in [2.05, 4.69) is 22.5 Å². The fourth-order valence-corrected chi connectivity index (χ4v) is 5.17. The number of rotatable bonds is 10. The molecular weight excluding hydrogens is 513 g/mol. The molecule has 3 aromatic carbocycles. The quantitative estimate of drug-likeness (QED) is 0.169. The van der Waals surface area contributed by atoms with Gasteiger partial charge in [-0.1, -0.05) is 73.6 Å². The summed E-state index contributed by atoms with van der Waals surface area (Å²) in [6, 6.07) is 23.2. The average Bonchev–Trinajstić information content (AvgIpc) is 3.35. The molecule has 39 heavy (non-hydrogen) atoms. The van der Waals surface area contributed by atoms with Gasteiger partial charge in [-0.05, 0) is 54.8 Å². The number of para-hydroxylation sites is 1. The first-order valence-electron chi connectivity index (χ1n) is 12.9. The Bertz CT molecular complexity index is 1470. The van der Waals surface area contributed by atoms with Crippen molar-refractivity contribution in [1.82, 2.24) is 14.8 Å². The minimum atomic E-state index is -0.523. The molecule has 0 spiro atoms. The van der Waals surface area contributed by atoms with Crippen LogP contribution >= 0.6 is 11.8 Å². The molecule has 1 aliphatic heterocycles. The summed E-state index contributed by atoms with van der Waals surface area (Å²) in [5, 5.41) is 11.5. The molecule has 1 atom stereocenters. The Morgan fingerprint density at radius 3 is 2.56 bits per heavy atom. The Balaban J connectivity index is 1.46. The molecule has 1 aromatic heterocycles. The molecule has 2 N–H and O–H groups in total. The van der Waals surface area contributed by atoms with Crippen LogP contribution in [-0.2, 0) is 10.5 Å². The number of allylic oxidation sites excluding steroid dienone is 1. The zero-order valence-electron chi connectivity index (χ0n) is 21.9. The van der Waals surface area contributed by atoms with E-state index in [9.17, 15) is 9.18 Å². The van der Waals surface area contributed by atoms with E-state index in [4.69, 9.17) is 9.84 Å². The summed E-state index contributed by atoms with van der Waals surface area (Å²) in [7, 11) is 0. The topological polar surface area (TPSA) is 81.1 Å². The van der Waals surface area contributed by atoms with Gasteiger partial charge in [0.05, 0.1) is 12.2 Å². The van der Waals surface area contributed by atoms with Gasteiger partial charge in [0, 0.05) is 17.1 Å². The summed E-state index contributed by atoms with van der Waals surface area (Å²) in [4.78, 5) is 18.3. The number of ether oxygens (including phenoxy) is 1. The smallest absolute Gasteiger partial charge is 0.255 e. The predicted octanol–water partition coefficient (Wildman–Crippen LogP) is 6.82. The van der Waals surface area contributed by atoms with Gasteiger partial charge in [0.25, 0.3) is 5.91 Å². The monoisotopic (exact) mass is 543 g/mol. The Morgan fingerprint density at radius 1 is 1.08 bits per heavy atom. The molecule has 200 valence electrons. The lowest BCUT2D eigenvalue weighted by atomic mass is 9.95. The second-order valence-corrected chi connectivity index (χ2v) is 10.1. The molecule has 0 bridgehead atoms. The van der Waals surface area contributed by atoms with E-state index < -0.39 is 6.04 Å². The van der Waals surface area contributed by atoms with E-state index in [1.54, 1.807) is 16.8 Å². The number of fused-ring (bicyclic) bond motifs is 1. The lowest BCUT2D eigenvalue weighted by Crippen LogP contribution is -2.31. The van der Waals surface area contributed by atoms with E-state index in [0.717, 1.165) is 24.2 Å². The van der Waals surface area contributed by atoms with Crippen LogP contribution < -0.4 is 15.4 Å². The van der Waals surface area contributed by atoms with Gasteiger partial charge in [-0.25, -0.2) is 9.07 Å². The van der Waals surface area contributed by atoms with E-state index >= 15 is 0 Å². The number of hydrogen-bond donors (Lipinski definition) is 2. The summed E-state index contributed by atoms with van der Waals surface area (Å²) >= 11 is 1.34. The highest BCUT2D eigenvalue weighted by Gasteiger charge is 2.34. The first-order valence-corrected chi connectivity index (χ1v) is 13.9. The van der Waals surface area contributed by atoms with Crippen LogP contribution in [-0.4, -0.2) is 27.3 Å². The Kier molecular flexibility index (Phi) is 8.27. The summed E-state index contributed by atoms with van der Waals surface area (Å²) in [5.41, 5.74) is 3.36. The fraction of sp³-hybridized carbons (Fsp3) is 0.233. The molecule has 7 nitrogen and oxygen atoms in total. The van der Waals surface area contributed by atoms with Gasteiger partial charge in [0.1, 0.15) is 17.6 Å². The van der Waals surface area contributed by atoms with Crippen LogP contribution in [0.1, 0.15) is 43.9 Å². The molecule has 5 rings (SSSR count). The molecule has 1 amide bonds. The number of nitrogens with one attached hydrogen (secondary N) is 2. The molecule has 2 heterocycles. The molecule has 0 saturated heterocycles. The van der Waals surface area contributed by atoms with Crippen molar-refractivity contribution in [3.63, 3.8) is 0 Å². The Morgan fingerprint density at radius 2 is 1.82 bits per heavy atom. The third-order valence-electron chi connectivity index (χ3n) is 6.39. The van der Waals surface area contributed by atoms with Crippen molar-refractivity contribution in [2.24, 2.45) is 0 Å². The van der Waals surface area contributed by atoms with Crippen LogP contribution in [0.2, 0.25) is 0 Å². The highest BCUT2D eigenvalue weighted by molar-refractivity contribution is 7.98. The summed E-state index contributed by atoms with van der Waals surface area (Å²) in [5.74, 6) is 1.19. The van der Waals surface area contributed by atoms with E-state index in [1.807, 2.05) is 67.6 Å². The van der Waals surface area contributed by atoms with Gasteiger partial charge in [-0.15, -0.1) is 5.10 Å². The second kappa shape index (κ2) is 12.2. The van der Waals surface area contributed by atoms with Gasteiger partial charge >= 0.3 is 0 Å². The number of anilines is 2. The van der Waals surface area contributed by atoms with Gasteiger partial charge in [-0.2, -0.15) is 4.98 Å². The molecule has 1 unspecified atom stereocenters. The summed E-state index contributed by atoms with van der Waals surface area (Å²) in [6.45, 7) is 4.64. The van der Waals surface area contributed by atoms with Crippen molar-refractivity contribution in [3.05, 3.63) is 107 Å². The number of halogens is 1. The Labute approximate surface area is 231 Å². The molecule has 0 radical (unpaired) electrons. The normalized spacial score (nSPS) is 14.5. The number of amides is 1. The number of carbonyl (C=O) groups is 1. The van der Waals surface area contributed by atoms with Crippen LogP contribution in [0.3, 0.4) is 0 Å². The van der Waals surface area contributed by atoms with Crippen LogP contribution in [0.25, 0.3) is 0 Å². The predicted molar refractivity (Wildman–Crippen MR) is 152 cm³/mol. The molecular formula is C30H30FN5O2S. The number of carbonyl (C=O) groups excluding carboxylic acids is 1. The lowest BCUT2D eigenvalue weighted by molar-refractivity contribution is -0.113. The second-order valence-electron chi connectivity index (χ2n) is 9.20. The van der Waals surface area contributed by atoms with Crippen LogP contribution in [0.4, 0.5) is 16.0 Å². The first kappa shape index (κ1) is 26.5. The Hall–Kier alpha value is -4.11. The maximum atomic E-state index is 14.2. The van der Waals surface area contributed by atoms with E-state index in [1.165, 1.54) is 17.8 Å². The zero-order chi connectivity index (χ0) is 27.2. The fourth-order valence-electron chi connectivity index (χ4n) is 4.35. The van der Waals surface area contributed by atoms with Gasteiger partial charge in [-0.3, -0.25) is 4.79 Å². The molecule has 0 fully saturated rings. The lowest BCUT2D eigenvalue weighted by Gasteiger charge is -2.28. The minimum Gasteiger partial charge on any atom is -0.494 e. The third kappa shape index (κ3) is 6.15. The highest BCUT2D eigenvalue weighted by Crippen LogP contribution is 2.37. The summed E-state index contributed by atoms with van der Waals surface area (Å²) in [6.07, 6.45) is 2.04. The van der Waals surface area contributed by atoms with Crippen molar-refractivity contribution in [1.29, 1.82) is 0 Å². The number of unbranched alkanes of at least 4 members (excludes halogenated alkanes) is 1. The largest absolute Gasteiger partial charge is 0.494 e. The first-order chi connectivity index (χ1) is 19.0. The molecule has 1 aliphatic rings. The van der Waals surface area contributed by atoms with E-state index in [-0.39, 0.29) is 11.7 Å². The van der Waals surface area contributed by atoms with Crippen molar-refractivity contribution < 1.29 is 13.9 Å². The number of benzene rings is 3. The number of thioether (sulfide) groups is 1. The van der Waals surface area contributed by atoms with Crippen LogP contribution in [0.15, 0.2) is 95.3 Å². The van der Waals surface area contributed by atoms with Gasteiger partial charge in [0.2, 0.25) is 11.1 Å². The van der Waals surface area contributed by atoms with Crippen molar-refractivity contribution in [2.75, 3.05) is 17.2 Å². The van der Waals surface area contributed by atoms with Gasteiger partial charge in [0.15, 0.2) is 0 Å². The molecule has 0 saturated carbocycles. The number of nitrogens with zero attached hydrogens (tertiary/aromatic N) is 3. The zero-order valence-corrected chi connectivity index (χ0v) is 22.7. The van der Waals surface area contributed by atoms with E-state index in [0.29, 0.717) is 46.0 Å². The van der Waals surface area contributed by atoms with Crippen LogP contribution in [0, 0.1) is 5.82 Å². The van der Waals surface area contributed by atoms with Crippen molar-refractivity contribution in [2.45, 2.75) is 43.6 Å². The van der Waals surface area contributed by atoms with Crippen molar-refractivity contribution >= 4 is 29.3 Å². The highest BCUT2D eigenvalue weighted by atomic mass is 32.2.